The Morgan fingerprint density at radius 3 is 2.39 bits per heavy atom. The van der Waals surface area contributed by atoms with Gasteiger partial charge in [-0.1, -0.05) is 44.2 Å². The Morgan fingerprint density at radius 1 is 1.22 bits per heavy atom. The van der Waals surface area contributed by atoms with Gasteiger partial charge in [0.15, 0.2) is 0 Å². The smallest absolute Gasteiger partial charge is 0.224 e. The molecule has 0 saturated carbocycles. The number of carbonyl (C=O) groups is 1. The Kier molecular flexibility index (Phi) is 6.44. The fourth-order valence-electron chi connectivity index (χ4n) is 2.08. The standard InChI is InChI=1S/C15H24N2O/c1-4-17(5-2)13(3)12-16-15(18)11-14-9-7-6-8-10-14/h6-10,13H,4-5,11-12H2,1-3H3,(H,16,18). The third-order valence-corrected chi connectivity index (χ3v) is 3.24. The number of benzene rings is 1. The predicted octanol–water partition coefficient (Wildman–Crippen LogP) is 2.08. The van der Waals surface area contributed by atoms with Crippen LogP contribution in [0.1, 0.15) is 26.3 Å². The lowest BCUT2D eigenvalue weighted by Gasteiger charge is -2.26. The summed E-state index contributed by atoms with van der Waals surface area (Å²) in [6, 6.07) is 10.2. The molecule has 1 amide bonds. The summed E-state index contributed by atoms with van der Waals surface area (Å²) in [6.07, 6.45) is 0.464. The van der Waals surface area contributed by atoms with Crippen molar-refractivity contribution in [2.75, 3.05) is 19.6 Å². The van der Waals surface area contributed by atoms with E-state index in [1.54, 1.807) is 0 Å². The van der Waals surface area contributed by atoms with Crippen LogP contribution in [0.3, 0.4) is 0 Å². The molecule has 0 fully saturated rings. The lowest BCUT2D eigenvalue weighted by Crippen LogP contribution is -2.42. The van der Waals surface area contributed by atoms with Crippen molar-refractivity contribution in [1.29, 1.82) is 0 Å². The molecule has 0 aliphatic carbocycles. The van der Waals surface area contributed by atoms with Crippen LogP contribution in [0, 0.1) is 0 Å². The predicted molar refractivity (Wildman–Crippen MR) is 75.5 cm³/mol. The van der Waals surface area contributed by atoms with Crippen LogP contribution in [0.2, 0.25) is 0 Å². The van der Waals surface area contributed by atoms with Crippen LogP contribution in [-0.4, -0.2) is 36.5 Å². The average Bonchev–Trinajstić information content (AvgIpc) is 2.39. The molecule has 1 unspecified atom stereocenters. The Balaban J connectivity index is 2.33. The number of nitrogens with zero attached hydrogens (tertiary/aromatic N) is 1. The van der Waals surface area contributed by atoms with Crippen LogP contribution in [0.5, 0.6) is 0 Å². The maximum absolute atomic E-state index is 11.8. The van der Waals surface area contributed by atoms with E-state index < -0.39 is 0 Å². The van der Waals surface area contributed by atoms with Gasteiger partial charge in [0.25, 0.3) is 0 Å². The van der Waals surface area contributed by atoms with Crippen LogP contribution < -0.4 is 5.32 Å². The van der Waals surface area contributed by atoms with Crippen molar-refractivity contribution in [2.45, 2.75) is 33.2 Å². The van der Waals surface area contributed by atoms with Crippen LogP contribution in [-0.2, 0) is 11.2 Å². The molecule has 1 atom stereocenters. The SMILES string of the molecule is CCN(CC)C(C)CNC(=O)Cc1ccccc1. The summed E-state index contributed by atoms with van der Waals surface area (Å²) in [6.45, 7) is 9.19. The normalized spacial score (nSPS) is 12.4. The Bertz CT molecular complexity index is 347. The van der Waals surface area contributed by atoms with E-state index in [-0.39, 0.29) is 5.91 Å². The minimum Gasteiger partial charge on any atom is -0.354 e. The molecule has 18 heavy (non-hydrogen) atoms. The van der Waals surface area contributed by atoms with Gasteiger partial charge in [-0.3, -0.25) is 9.69 Å². The number of hydrogen-bond acceptors (Lipinski definition) is 2. The number of nitrogens with one attached hydrogen (secondary N) is 1. The zero-order valence-corrected chi connectivity index (χ0v) is 11.6. The summed E-state index contributed by atoms with van der Waals surface area (Å²) in [4.78, 5) is 14.1. The van der Waals surface area contributed by atoms with E-state index in [2.05, 4.69) is 31.0 Å². The number of amides is 1. The Labute approximate surface area is 110 Å². The molecule has 1 aromatic rings. The topological polar surface area (TPSA) is 32.3 Å². The van der Waals surface area contributed by atoms with Crippen LogP contribution >= 0.6 is 0 Å². The van der Waals surface area contributed by atoms with Crippen LogP contribution in [0.25, 0.3) is 0 Å². The monoisotopic (exact) mass is 248 g/mol. The molecule has 0 aliphatic rings. The van der Waals surface area contributed by atoms with Gasteiger partial charge in [0.1, 0.15) is 0 Å². The second-order valence-corrected chi connectivity index (χ2v) is 4.54. The first-order valence-corrected chi connectivity index (χ1v) is 6.72. The highest BCUT2D eigenvalue weighted by Crippen LogP contribution is 2.00. The Morgan fingerprint density at radius 2 is 1.83 bits per heavy atom. The van der Waals surface area contributed by atoms with Crippen molar-refractivity contribution < 1.29 is 4.79 Å². The van der Waals surface area contributed by atoms with E-state index in [9.17, 15) is 4.79 Å². The zero-order chi connectivity index (χ0) is 13.4. The maximum atomic E-state index is 11.8. The summed E-state index contributed by atoms with van der Waals surface area (Å²) >= 11 is 0. The fraction of sp³-hybridized carbons (Fsp3) is 0.533. The van der Waals surface area contributed by atoms with Gasteiger partial charge < -0.3 is 5.32 Å². The summed E-state index contributed by atoms with van der Waals surface area (Å²) in [5.41, 5.74) is 1.06. The van der Waals surface area contributed by atoms with E-state index in [4.69, 9.17) is 0 Å². The summed E-state index contributed by atoms with van der Waals surface area (Å²) in [7, 11) is 0. The van der Waals surface area contributed by atoms with Crippen molar-refractivity contribution in [3.63, 3.8) is 0 Å². The molecule has 1 N–H and O–H groups in total. The Hall–Kier alpha value is -1.35. The lowest BCUT2D eigenvalue weighted by atomic mass is 10.1. The fourth-order valence-corrected chi connectivity index (χ4v) is 2.08. The number of hydrogen-bond donors (Lipinski definition) is 1. The van der Waals surface area contributed by atoms with E-state index in [1.807, 2.05) is 30.3 Å². The lowest BCUT2D eigenvalue weighted by molar-refractivity contribution is -0.120. The molecular formula is C15H24N2O. The van der Waals surface area contributed by atoms with Crippen molar-refractivity contribution in [1.82, 2.24) is 10.2 Å². The highest BCUT2D eigenvalue weighted by Gasteiger charge is 2.11. The quantitative estimate of drug-likeness (QED) is 0.801. The van der Waals surface area contributed by atoms with Gasteiger partial charge in [-0.05, 0) is 25.6 Å². The highest BCUT2D eigenvalue weighted by atomic mass is 16.1. The number of rotatable bonds is 7. The van der Waals surface area contributed by atoms with E-state index in [0.29, 0.717) is 19.0 Å². The van der Waals surface area contributed by atoms with Crippen LogP contribution in [0.15, 0.2) is 30.3 Å². The van der Waals surface area contributed by atoms with Gasteiger partial charge in [0, 0.05) is 12.6 Å². The molecule has 1 rings (SSSR count). The molecule has 3 nitrogen and oxygen atoms in total. The maximum Gasteiger partial charge on any atom is 0.224 e. The van der Waals surface area contributed by atoms with Gasteiger partial charge in [0.2, 0.25) is 5.91 Å². The second-order valence-electron chi connectivity index (χ2n) is 4.54. The molecule has 0 bridgehead atoms. The van der Waals surface area contributed by atoms with Crippen molar-refractivity contribution >= 4 is 5.91 Å². The zero-order valence-electron chi connectivity index (χ0n) is 11.6. The first kappa shape index (κ1) is 14.7. The van der Waals surface area contributed by atoms with Crippen molar-refractivity contribution in [2.24, 2.45) is 0 Å². The van der Waals surface area contributed by atoms with Crippen molar-refractivity contribution in [3.05, 3.63) is 35.9 Å². The average molecular weight is 248 g/mol. The summed E-state index contributed by atoms with van der Waals surface area (Å²) in [5, 5.41) is 3.00. The first-order chi connectivity index (χ1) is 8.67. The first-order valence-electron chi connectivity index (χ1n) is 6.72. The second kappa shape index (κ2) is 7.88. The minimum absolute atomic E-state index is 0.0974. The van der Waals surface area contributed by atoms with E-state index >= 15 is 0 Å². The van der Waals surface area contributed by atoms with Gasteiger partial charge in [-0.15, -0.1) is 0 Å². The van der Waals surface area contributed by atoms with E-state index in [1.165, 1.54) is 0 Å². The summed E-state index contributed by atoms with van der Waals surface area (Å²) < 4.78 is 0. The molecule has 100 valence electrons. The van der Waals surface area contributed by atoms with Gasteiger partial charge in [-0.25, -0.2) is 0 Å². The van der Waals surface area contributed by atoms with Gasteiger partial charge >= 0.3 is 0 Å². The largest absolute Gasteiger partial charge is 0.354 e. The molecule has 0 aromatic heterocycles. The van der Waals surface area contributed by atoms with Gasteiger partial charge in [0.05, 0.1) is 6.42 Å². The highest BCUT2D eigenvalue weighted by molar-refractivity contribution is 5.78. The molecule has 0 aliphatic heterocycles. The van der Waals surface area contributed by atoms with E-state index in [0.717, 1.165) is 18.7 Å². The molecule has 1 aromatic carbocycles. The van der Waals surface area contributed by atoms with Crippen LogP contribution in [0.4, 0.5) is 0 Å². The molecule has 3 heteroatoms. The minimum atomic E-state index is 0.0974. The van der Waals surface area contributed by atoms with Gasteiger partial charge in [-0.2, -0.15) is 0 Å². The molecule has 0 spiro atoms. The number of carbonyl (C=O) groups excluding carboxylic acids is 1. The number of likely N-dealkylation sites (N-methyl/N-ethyl adjacent to an activating group) is 1. The summed E-state index contributed by atoms with van der Waals surface area (Å²) in [5.74, 6) is 0.0974. The third-order valence-electron chi connectivity index (χ3n) is 3.24. The molecule has 0 saturated heterocycles. The van der Waals surface area contributed by atoms with Crippen molar-refractivity contribution in [3.8, 4) is 0 Å². The molecule has 0 radical (unpaired) electrons. The third kappa shape index (κ3) is 4.88. The molecular weight excluding hydrogens is 224 g/mol. The molecule has 0 heterocycles.